The predicted molar refractivity (Wildman–Crippen MR) is 83.8 cm³/mol. The summed E-state index contributed by atoms with van der Waals surface area (Å²) in [7, 11) is 1.67. The van der Waals surface area contributed by atoms with Crippen molar-refractivity contribution in [2.24, 2.45) is 0 Å². The monoisotopic (exact) mass is 302 g/mol. The van der Waals surface area contributed by atoms with Crippen molar-refractivity contribution >= 4 is 5.69 Å². The quantitative estimate of drug-likeness (QED) is 0.838. The van der Waals surface area contributed by atoms with Gasteiger partial charge in [-0.25, -0.2) is 0 Å². The third-order valence-corrected chi connectivity index (χ3v) is 3.89. The van der Waals surface area contributed by atoms with Crippen LogP contribution < -0.4 is 10.2 Å². The zero-order valence-electron chi connectivity index (χ0n) is 12.9. The summed E-state index contributed by atoms with van der Waals surface area (Å²) in [6.45, 7) is 3.31. The molecule has 0 unspecified atom stereocenters. The highest BCUT2D eigenvalue weighted by atomic mass is 16.5. The van der Waals surface area contributed by atoms with Crippen molar-refractivity contribution in [3.63, 3.8) is 0 Å². The summed E-state index contributed by atoms with van der Waals surface area (Å²) in [6, 6.07) is 11.0. The minimum Gasteiger partial charge on any atom is -0.384 e. The second-order valence-corrected chi connectivity index (χ2v) is 5.50. The van der Waals surface area contributed by atoms with E-state index in [1.165, 1.54) is 5.69 Å². The number of hydrogen-bond acceptors (Lipinski definition) is 6. The van der Waals surface area contributed by atoms with Gasteiger partial charge in [0.1, 0.15) is 0 Å². The zero-order valence-corrected chi connectivity index (χ0v) is 12.9. The molecule has 0 amide bonds. The number of hydrogen-bond donors (Lipinski definition) is 1. The highest BCUT2D eigenvalue weighted by molar-refractivity contribution is 5.47. The lowest BCUT2D eigenvalue weighted by molar-refractivity contribution is 0.199. The lowest BCUT2D eigenvalue weighted by Gasteiger charge is -2.18. The summed E-state index contributed by atoms with van der Waals surface area (Å²) in [5.41, 5.74) is 1.28. The summed E-state index contributed by atoms with van der Waals surface area (Å²) >= 11 is 0. The molecule has 1 aliphatic heterocycles. The first-order valence-corrected chi connectivity index (χ1v) is 7.69. The second kappa shape index (κ2) is 7.38. The van der Waals surface area contributed by atoms with Crippen molar-refractivity contribution in [1.29, 1.82) is 0 Å². The van der Waals surface area contributed by atoms with Gasteiger partial charge in [0.2, 0.25) is 5.89 Å². The van der Waals surface area contributed by atoms with Gasteiger partial charge >= 0.3 is 0 Å². The number of methoxy groups -OCH3 is 1. The molecule has 1 fully saturated rings. The van der Waals surface area contributed by atoms with Gasteiger partial charge in [-0.15, -0.1) is 0 Å². The van der Waals surface area contributed by atoms with Gasteiger partial charge in [0.05, 0.1) is 13.2 Å². The average molecular weight is 302 g/mol. The Hall–Kier alpha value is -1.92. The molecule has 1 saturated heterocycles. The van der Waals surface area contributed by atoms with Crippen LogP contribution in [-0.4, -0.2) is 43.0 Å². The minimum absolute atomic E-state index is 0.453. The second-order valence-electron chi connectivity index (χ2n) is 5.50. The third kappa shape index (κ3) is 3.84. The fourth-order valence-corrected chi connectivity index (χ4v) is 2.69. The van der Waals surface area contributed by atoms with Gasteiger partial charge in [0.15, 0.2) is 5.82 Å². The summed E-state index contributed by atoms with van der Waals surface area (Å²) in [6.07, 6.45) is 1.81. The Morgan fingerprint density at radius 2 is 2.23 bits per heavy atom. The van der Waals surface area contributed by atoms with E-state index in [9.17, 15) is 0 Å². The predicted octanol–water partition coefficient (Wildman–Crippen LogP) is 1.63. The molecule has 118 valence electrons. The molecule has 0 spiro atoms. The van der Waals surface area contributed by atoms with Crippen LogP contribution in [0.1, 0.15) is 18.1 Å². The van der Waals surface area contributed by atoms with Gasteiger partial charge in [-0.05, 0) is 18.6 Å². The number of nitrogens with one attached hydrogen (secondary N) is 1. The number of ether oxygens (including phenoxy) is 1. The number of aromatic nitrogens is 2. The maximum atomic E-state index is 5.24. The summed E-state index contributed by atoms with van der Waals surface area (Å²) in [4.78, 5) is 6.75. The lowest BCUT2D eigenvalue weighted by atomic mass is 10.2. The maximum absolute atomic E-state index is 5.24. The Kier molecular flexibility index (Phi) is 5.03. The van der Waals surface area contributed by atoms with Gasteiger partial charge < -0.3 is 19.5 Å². The van der Waals surface area contributed by atoms with E-state index in [0.717, 1.165) is 19.5 Å². The smallest absolute Gasteiger partial charge is 0.240 e. The number of para-hydroxylation sites is 1. The standard InChI is InChI=1S/C16H22N4O2/c1-21-10-8-15-18-16(22-19-15)11-17-13-7-9-20(12-13)14-5-3-2-4-6-14/h2-6,13,17H,7-12H2,1H3/t13-/m0/s1. The fraction of sp³-hybridized carbons (Fsp3) is 0.500. The van der Waals surface area contributed by atoms with Crippen LogP contribution in [-0.2, 0) is 17.7 Å². The number of rotatable bonds is 7. The molecule has 0 bridgehead atoms. The van der Waals surface area contributed by atoms with E-state index in [-0.39, 0.29) is 0 Å². The van der Waals surface area contributed by atoms with Gasteiger partial charge in [-0.1, -0.05) is 23.4 Å². The van der Waals surface area contributed by atoms with Gasteiger partial charge in [0, 0.05) is 38.3 Å². The molecule has 2 heterocycles. The number of benzene rings is 1. The van der Waals surface area contributed by atoms with Crippen molar-refractivity contribution in [2.75, 3.05) is 31.7 Å². The maximum Gasteiger partial charge on any atom is 0.240 e. The molecule has 0 saturated carbocycles. The van der Waals surface area contributed by atoms with E-state index in [1.54, 1.807) is 7.11 Å². The van der Waals surface area contributed by atoms with Crippen LogP contribution in [0.25, 0.3) is 0 Å². The highest BCUT2D eigenvalue weighted by Crippen LogP contribution is 2.19. The molecule has 3 rings (SSSR count). The van der Waals surface area contributed by atoms with Crippen LogP contribution in [0, 0.1) is 0 Å². The Morgan fingerprint density at radius 1 is 1.36 bits per heavy atom. The Morgan fingerprint density at radius 3 is 3.05 bits per heavy atom. The Labute approximate surface area is 130 Å². The Balaban J connectivity index is 1.46. The van der Waals surface area contributed by atoms with Gasteiger partial charge in [0.25, 0.3) is 0 Å². The van der Waals surface area contributed by atoms with E-state index >= 15 is 0 Å². The SMILES string of the molecule is COCCc1noc(CN[C@H]2CCN(c3ccccc3)C2)n1. The molecule has 1 aromatic carbocycles. The summed E-state index contributed by atoms with van der Waals surface area (Å²) in [5.74, 6) is 1.35. The Bertz CT molecular complexity index is 573. The van der Waals surface area contributed by atoms with E-state index in [0.29, 0.717) is 37.3 Å². The highest BCUT2D eigenvalue weighted by Gasteiger charge is 2.22. The normalized spacial score (nSPS) is 18.0. The molecule has 1 aliphatic rings. The molecular weight excluding hydrogens is 280 g/mol. The fourth-order valence-electron chi connectivity index (χ4n) is 2.69. The van der Waals surface area contributed by atoms with Crippen molar-refractivity contribution < 1.29 is 9.26 Å². The largest absolute Gasteiger partial charge is 0.384 e. The zero-order chi connectivity index (χ0) is 15.2. The number of anilines is 1. The van der Waals surface area contributed by atoms with Crippen molar-refractivity contribution in [2.45, 2.75) is 25.4 Å². The molecular formula is C16H22N4O2. The molecule has 1 atom stereocenters. The van der Waals surface area contributed by atoms with E-state index in [4.69, 9.17) is 9.26 Å². The van der Waals surface area contributed by atoms with Crippen LogP contribution in [0.5, 0.6) is 0 Å². The summed E-state index contributed by atoms with van der Waals surface area (Å²) < 4.78 is 10.2. The molecule has 6 nitrogen and oxygen atoms in total. The van der Waals surface area contributed by atoms with E-state index in [2.05, 4.69) is 44.6 Å². The van der Waals surface area contributed by atoms with E-state index in [1.807, 2.05) is 6.07 Å². The lowest BCUT2D eigenvalue weighted by Crippen LogP contribution is -2.32. The van der Waals surface area contributed by atoms with Crippen LogP contribution in [0.2, 0.25) is 0 Å². The molecule has 1 aromatic heterocycles. The van der Waals surface area contributed by atoms with Crippen LogP contribution >= 0.6 is 0 Å². The first-order chi connectivity index (χ1) is 10.8. The van der Waals surface area contributed by atoms with Crippen molar-refractivity contribution in [3.05, 3.63) is 42.0 Å². The first kappa shape index (κ1) is 15.0. The summed E-state index contributed by atoms with van der Waals surface area (Å²) in [5, 5.41) is 7.44. The van der Waals surface area contributed by atoms with Crippen LogP contribution in [0.3, 0.4) is 0 Å². The van der Waals surface area contributed by atoms with Gasteiger partial charge in [-0.3, -0.25) is 0 Å². The third-order valence-electron chi connectivity index (χ3n) is 3.89. The van der Waals surface area contributed by atoms with Crippen LogP contribution in [0.4, 0.5) is 5.69 Å². The first-order valence-electron chi connectivity index (χ1n) is 7.69. The van der Waals surface area contributed by atoms with Crippen LogP contribution in [0.15, 0.2) is 34.9 Å². The minimum atomic E-state index is 0.453. The van der Waals surface area contributed by atoms with Gasteiger partial charge in [-0.2, -0.15) is 4.98 Å². The molecule has 1 N–H and O–H groups in total. The van der Waals surface area contributed by atoms with Crippen molar-refractivity contribution in [1.82, 2.24) is 15.5 Å². The molecule has 0 radical (unpaired) electrons. The molecule has 22 heavy (non-hydrogen) atoms. The van der Waals surface area contributed by atoms with E-state index < -0.39 is 0 Å². The average Bonchev–Trinajstić information content (AvgIpc) is 3.21. The number of nitrogens with zero attached hydrogens (tertiary/aromatic N) is 3. The topological polar surface area (TPSA) is 63.4 Å². The van der Waals surface area contributed by atoms with Crippen molar-refractivity contribution in [3.8, 4) is 0 Å². The molecule has 6 heteroatoms. The molecule has 0 aliphatic carbocycles. The molecule has 2 aromatic rings.